The van der Waals surface area contributed by atoms with E-state index < -0.39 is 0 Å². The van der Waals surface area contributed by atoms with Gasteiger partial charge in [-0.15, -0.1) is 0 Å². The third-order valence-electron chi connectivity index (χ3n) is 4.49. The van der Waals surface area contributed by atoms with Gasteiger partial charge in [0.25, 0.3) is 0 Å². The Morgan fingerprint density at radius 2 is 1.95 bits per heavy atom. The average Bonchev–Trinajstić information content (AvgIpc) is 2.88. The standard InChI is InChI=1S/C16H29N3O/c1-3-5-12-7-9-13(10-8-12)16-18-15(20-19-16)11-14(17)6-4-2/h12-14H,3-11,17H2,1-2H3. The molecular formula is C16H29N3O. The summed E-state index contributed by atoms with van der Waals surface area (Å²) in [6, 6.07) is 0.147. The summed E-state index contributed by atoms with van der Waals surface area (Å²) in [5.41, 5.74) is 6.03. The molecule has 1 aliphatic rings. The first-order chi connectivity index (χ1) is 9.72. The lowest BCUT2D eigenvalue weighted by molar-refractivity contribution is 0.294. The minimum atomic E-state index is 0.147. The summed E-state index contributed by atoms with van der Waals surface area (Å²) < 4.78 is 5.37. The molecule has 4 nitrogen and oxygen atoms in total. The molecule has 1 fully saturated rings. The van der Waals surface area contributed by atoms with Gasteiger partial charge >= 0.3 is 0 Å². The topological polar surface area (TPSA) is 64.9 Å². The summed E-state index contributed by atoms with van der Waals surface area (Å²) in [7, 11) is 0. The number of nitrogens with two attached hydrogens (primary N) is 1. The van der Waals surface area contributed by atoms with Crippen LogP contribution in [0.2, 0.25) is 0 Å². The molecule has 0 amide bonds. The van der Waals surface area contributed by atoms with E-state index in [0.29, 0.717) is 12.3 Å². The molecule has 1 saturated carbocycles. The van der Waals surface area contributed by atoms with E-state index in [0.717, 1.165) is 30.5 Å². The highest BCUT2D eigenvalue weighted by Gasteiger charge is 2.25. The van der Waals surface area contributed by atoms with E-state index in [4.69, 9.17) is 10.3 Å². The Balaban J connectivity index is 1.83. The first-order valence-corrected chi connectivity index (χ1v) is 8.31. The van der Waals surface area contributed by atoms with Gasteiger partial charge in [-0.25, -0.2) is 0 Å². The molecule has 0 bridgehead atoms. The molecule has 0 spiro atoms. The molecule has 2 rings (SSSR count). The molecule has 1 heterocycles. The van der Waals surface area contributed by atoms with E-state index >= 15 is 0 Å². The van der Waals surface area contributed by atoms with Crippen LogP contribution in [-0.2, 0) is 6.42 Å². The second-order valence-electron chi connectivity index (χ2n) is 6.31. The molecule has 1 atom stereocenters. The first-order valence-electron chi connectivity index (χ1n) is 8.31. The van der Waals surface area contributed by atoms with Crippen molar-refractivity contribution in [1.29, 1.82) is 0 Å². The fourth-order valence-corrected chi connectivity index (χ4v) is 3.33. The van der Waals surface area contributed by atoms with Crippen LogP contribution in [0.3, 0.4) is 0 Å². The molecule has 114 valence electrons. The lowest BCUT2D eigenvalue weighted by atomic mass is 9.80. The van der Waals surface area contributed by atoms with Crippen LogP contribution in [0, 0.1) is 5.92 Å². The highest BCUT2D eigenvalue weighted by atomic mass is 16.5. The molecule has 0 radical (unpaired) electrons. The van der Waals surface area contributed by atoms with Gasteiger partial charge in [0.15, 0.2) is 5.82 Å². The molecule has 0 saturated heterocycles. The Morgan fingerprint density at radius 3 is 2.60 bits per heavy atom. The third-order valence-corrected chi connectivity index (χ3v) is 4.49. The number of aromatic nitrogens is 2. The summed E-state index contributed by atoms with van der Waals surface area (Å²) in [4.78, 5) is 4.57. The van der Waals surface area contributed by atoms with Gasteiger partial charge in [-0.1, -0.05) is 38.3 Å². The van der Waals surface area contributed by atoms with Gasteiger partial charge < -0.3 is 10.3 Å². The van der Waals surface area contributed by atoms with Crippen molar-refractivity contribution < 1.29 is 4.52 Å². The maximum absolute atomic E-state index is 6.03. The van der Waals surface area contributed by atoms with Crippen molar-refractivity contribution in [1.82, 2.24) is 10.1 Å². The zero-order valence-corrected chi connectivity index (χ0v) is 13.0. The van der Waals surface area contributed by atoms with E-state index in [1.54, 1.807) is 0 Å². The molecule has 2 N–H and O–H groups in total. The normalized spacial score (nSPS) is 24.8. The summed E-state index contributed by atoms with van der Waals surface area (Å²) in [5, 5.41) is 4.18. The molecule has 1 aromatic rings. The monoisotopic (exact) mass is 279 g/mol. The van der Waals surface area contributed by atoms with E-state index in [-0.39, 0.29) is 6.04 Å². The zero-order chi connectivity index (χ0) is 14.4. The van der Waals surface area contributed by atoms with Crippen molar-refractivity contribution in [3.05, 3.63) is 11.7 Å². The zero-order valence-electron chi connectivity index (χ0n) is 13.0. The molecule has 0 aromatic carbocycles. The van der Waals surface area contributed by atoms with Gasteiger partial charge in [0.05, 0.1) is 0 Å². The Bertz CT molecular complexity index is 383. The Labute approximate surface area is 122 Å². The van der Waals surface area contributed by atoms with Crippen molar-refractivity contribution in [3.8, 4) is 0 Å². The van der Waals surface area contributed by atoms with Gasteiger partial charge in [0.2, 0.25) is 5.89 Å². The lowest BCUT2D eigenvalue weighted by Crippen LogP contribution is -2.22. The van der Waals surface area contributed by atoms with Crippen molar-refractivity contribution in [2.24, 2.45) is 11.7 Å². The van der Waals surface area contributed by atoms with Crippen molar-refractivity contribution in [2.75, 3.05) is 0 Å². The van der Waals surface area contributed by atoms with E-state index in [1.807, 2.05) is 0 Å². The highest BCUT2D eigenvalue weighted by Crippen LogP contribution is 2.36. The van der Waals surface area contributed by atoms with E-state index in [1.165, 1.54) is 38.5 Å². The second-order valence-corrected chi connectivity index (χ2v) is 6.31. The number of rotatable bonds is 7. The molecule has 0 aliphatic heterocycles. The Morgan fingerprint density at radius 1 is 1.20 bits per heavy atom. The van der Waals surface area contributed by atoms with Crippen LogP contribution in [-0.4, -0.2) is 16.2 Å². The largest absolute Gasteiger partial charge is 0.339 e. The van der Waals surface area contributed by atoms with Crippen LogP contribution >= 0.6 is 0 Å². The summed E-state index contributed by atoms with van der Waals surface area (Å²) in [6.07, 6.45) is 10.6. The molecule has 20 heavy (non-hydrogen) atoms. The number of hydrogen-bond acceptors (Lipinski definition) is 4. The van der Waals surface area contributed by atoms with Gasteiger partial charge in [0, 0.05) is 18.4 Å². The van der Waals surface area contributed by atoms with E-state index in [2.05, 4.69) is 24.0 Å². The second kappa shape index (κ2) is 7.77. The van der Waals surface area contributed by atoms with Crippen molar-refractivity contribution >= 4 is 0 Å². The minimum Gasteiger partial charge on any atom is -0.339 e. The van der Waals surface area contributed by atoms with Crippen LogP contribution in [0.25, 0.3) is 0 Å². The predicted octanol–water partition coefficient (Wildman–Crippen LogP) is 3.81. The smallest absolute Gasteiger partial charge is 0.228 e. The third kappa shape index (κ3) is 4.30. The predicted molar refractivity (Wildman–Crippen MR) is 80.5 cm³/mol. The van der Waals surface area contributed by atoms with Crippen LogP contribution in [0.5, 0.6) is 0 Å². The summed E-state index contributed by atoms with van der Waals surface area (Å²) in [5.74, 6) is 3.05. The van der Waals surface area contributed by atoms with Crippen LogP contribution in [0.15, 0.2) is 4.52 Å². The summed E-state index contributed by atoms with van der Waals surface area (Å²) >= 11 is 0. The first kappa shape index (κ1) is 15.5. The Kier molecular flexibility index (Phi) is 6.02. The van der Waals surface area contributed by atoms with Gasteiger partial charge in [-0.3, -0.25) is 0 Å². The molecule has 1 aliphatic carbocycles. The van der Waals surface area contributed by atoms with E-state index in [9.17, 15) is 0 Å². The maximum Gasteiger partial charge on any atom is 0.228 e. The molecule has 4 heteroatoms. The highest BCUT2D eigenvalue weighted by molar-refractivity contribution is 4.98. The molecule has 1 unspecified atom stereocenters. The SMILES string of the molecule is CCCC(N)Cc1nc(C2CCC(CCC)CC2)no1. The quantitative estimate of drug-likeness (QED) is 0.824. The van der Waals surface area contributed by atoms with Gasteiger partial charge in [-0.2, -0.15) is 4.98 Å². The van der Waals surface area contributed by atoms with Gasteiger partial charge in [-0.05, 0) is 38.0 Å². The molecule has 1 aromatic heterocycles. The fraction of sp³-hybridized carbons (Fsp3) is 0.875. The fourth-order valence-electron chi connectivity index (χ4n) is 3.33. The number of nitrogens with zero attached hydrogens (tertiary/aromatic N) is 2. The molecular weight excluding hydrogens is 250 g/mol. The number of hydrogen-bond donors (Lipinski definition) is 1. The van der Waals surface area contributed by atoms with Crippen LogP contribution < -0.4 is 5.73 Å². The Hall–Kier alpha value is -0.900. The van der Waals surface area contributed by atoms with Crippen molar-refractivity contribution in [2.45, 2.75) is 83.6 Å². The van der Waals surface area contributed by atoms with Crippen molar-refractivity contribution in [3.63, 3.8) is 0 Å². The van der Waals surface area contributed by atoms with Crippen LogP contribution in [0.1, 0.15) is 82.8 Å². The average molecular weight is 279 g/mol. The summed E-state index contributed by atoms with van der Waals surface area (Å²) in [6.45, 7) is 4.42. The maximum atomic E-state index is 6.03. The minimum absolute atomic E-state index is 0.147. The van der Waals surface area contributed by atoms with Crippen LogP contribution in [0.4, 0.5) is 0 Å². The van der Waals surface area contributed by atoms with Gasteiger partial charge in [0.1, 0.15) is 0 Å². The lowest BCUT2D eigenvalue weighted by Gasteiger charge is -2.26.